The summed E-state index contributed by atoms with van der Waals surface area (Å²) < 4.78 is 0. The first-order valence-corrected chi connectivity index (χ1v) is 9.44. The summed E-state index contributed by atoms with van der Waals surface area (Å²) in [5.41, 5.74) is 10.5. The number of nitrogens with two attached hydrogens (primary N) is 2. The van der Waals surface area contributed by atoms with Gasteiger partial charge in [-0.2, -0.15) is 0 Å². The topological polar surface area (TPSA) is 77.8 Å². The second kappa shape index (κ2) is 12.2. The highest BCUT2D eigenvalue weighted by molar-refractivity contribution is 7.55. The molecule has 0 spiro atoms. The summed E-state index contributed by atoms with van der Waals surface area (Å²) >= 11 is 0. The number of hydrogen-bond donors (Lipinski definition) is 2. The van der Waals surface area contributed by atoms with Crippen LogP contribution in [0, 0.1) is 0 Å². The van der Waals surface area contributed by atoms with Gasteiger partial charge in [0.25, 0.3) is 0 Å². The first-order valence-electron chi connectivity index (χ1n) is 8.44. The normalized spacial score (nSPS) is 9.19. The van der Waals surface area contributed by atoms with E-state index >= 15 is 0 Å². The van der Waals surface area contributed by atoms with Crippen molar-refractivity contribution in [2.45, 2.75) is 0 Å². The van der Waals surface area contributed by atoms with Crippen LogP contribution in [-0.4, -0.2) is 9.97 Å². The van der Waals surface area contributed by atoms with Crippen molar-refractivity contribution in [2.24, 2.45) is 0 Å². The Balaban J connectivity index is 0.000000159. The van der Waals surface area contributed by atoms with Gasteiger partial charge in [0.1, 0.15) is 11.6 Å². The van der Waals surface area contributed by atoms with E-state index in [4.69, 9.17) is 11.5 Å². The van der Waals surface area contributed by atoms with Crippen LogP contribution in [0.25, 0.3) is 0 Å². The average Bonchev–Trinajstić information content (AvgIpc) is 2.72. The molecule has 0 aliphatic heterocycles. The van der Waals surface area contributed by atoms with Crippen molar-refractivity contribution >= 4 is 30.8 Å². The lowest BCUT2D eigenvalue weighted by molar-refractivity contribution is 1.34. The summed E-state index contributed by atoms with van der Waals surface area (Å²) in [4.78, 5) is 7.51. The maximum Gasteiger partial charge on any atom is 0.123 e. The highest BCUT2D eigenvalue weighted by Gasteiger charge is 1.92. The third-order valence-corrected chi connectivity index (χ3v) is 4.46. The monoisotopic (exact) mass is 374 g/mol. The lowest BCUT2D eigenvalue weighted by atomic mass is 10.4. The Kier molecular flexibility index (Phi) is 9.06. The Morgan fingerprint density at radius 3 is 1.11 bits per heavy atom. The predicted molar refractivity (Wildman–Crippen MR) is 118 cm³/mol. The van der Waals surface area contributed by atoms with E-state index < -0.39 is 0 Å². The van der Waals surface area contributed by atoms with Crippen LogP contribution in [0.3, 0.4) is 0 Å². The zero-order valence-corrected chi connectivity index (χ0v) is 15.9. The van der Waals surface area contributed by atoms with Crippen LogP contribution in [0.5, 0.6) is 0 Å². The van der Waals surface area contributed by atoms with Gasteiger partial charge in [0, 0.05) is 12.4 Å². The second-order valence-corrected chi connectivity index (χ2v) is 6.77. The summed E-state index contributed by atoms with van der Waals surface area (Å²) in [5.74, 6) is 1.14. The quantitative estimate of drug-likeness (QED) is 0.525. The van der Waals surface area contributed by atoms with E-state index in [0.29, 0.717) is 11.6 Å². The largest absolute Gasteiger partial charge is 0.384 e. The average molecular weight is 374 g/mol. The molecule has 0 radical (unpaired) electrons. The molecule has 2 aromatic heterocycles. The first kappa shape index (κ1) is 20.1. The molecule has 2 aromatic carbocycles. The number of rotatable bonds is 2. The van der Waals surface area contributed by atoms with Gasteiger partial charge in [-0.25, -0.2) is 9.97 Å². The number of aromatic nitrogens is 2. The Labute approximate surface area is 162 Å². The molecule has 0 unspecified atom stereocenters. The van der Waals surface area contributed by atoms with Gasteiger partial charge in [-0.1, -0.05) is 81.4 Å². The van der Waals surface area contributed by atoms with Crippen molar-refractivity contribution in [3.63, 3.8) is 0 Å². The van der Waals surface area contributed by atoms with E-state index in [1.807, 2.05) is 24.3 Å². The maximum absolute atomic E-state index is 5.25. The van der Waals surface area contributed by atoms with Crippen LogP contribution in [0.15, 0.2) is 109 Å². The fraction of sp³-hybridized carbons (Fsp3) is 0. The molecule has 0 fully saturated rings. The van der Waals surface area contributed by atoms with E-state index in [0.717, 1.165) is 8.58 Å². The molecule has 5 heteroatoms. The molecular weight excluding hydrogens is 351 g/mol. The number of nitrogen functional groups attached to an aromatic ring is 2. The van der Waals surface area contributed by atoms with Gasteiger partial charge in [0.15, 0.2) is 0 Å². The summed E-state index contributed by atoms with van der Waals surface area (Å²) in [6.07, 6.45) is 3.32. The van der Waals surface area contributed by atoms with E-state index in [2.05, 4.69) is 70.6 Å². The van der Waals surface area contributed by atoms with Crippen LogP contribution in [0.2, 0.25) is 0 Å². The van der Waals surface area contributed by atoms with E-state index in [9.17, 15) is 0 Å². The molecule has 4 nitrogen and oxygen atoms in total. The van der Waals surface area contributed by atoms with Crippen molar-refractivity contribution in [1.82, 2.24) is 9.97 Å². The third-order valence-electron chi connectivity index (χ3n) is 3.21. The van der Waals surface area contributed by atoms with Crippen molar-refractivity contribution in [3.05, 3.63) is 109 Å². The predicted octanol–water partition coefficient (Wildman–Crippen LogP) is 3.64. The summed E-state index contributed by atoms with van der Waals surface area (Å²) in [5, 5.41) is 2.79. The maximum atomic E-state index is 5.25. The number of anilines is 2. The molecule has 0 saturated carbocycles. The molecule has 0 amide bonds. The second-order valence-electron chi connectivity index (χ2n) is 5.37. The highest BCUT2D eigenvalue weighted by Crippen LogP contribution is 2.08. The fourth-order valence-electron chi connectivity index (χ4n) is 1.96. The highest BCUT2D eigenvalue weighted by atomic mass is 31.1. The van der Waals surface area contributed by atoms with E-state index in [-0.39, 0.29) is 0 Å². The van der Waals surface area contributed by atoms with Gasteiger partial charge in [-0.3, -0.25) is 0 Å². The number of benzene rings is 2. The summed E-state index contributed by atoms with van der Waals surface area (Å²) in [6, 6.07) is 32.0. The molecule has 0 aliphatic rings. The van der Waals surface area contributed by atoms with Crippen LogP contribution < -0.4 is 22.1 Å². The smallest absolute Gasteiger partial charge is 0.123 e. The lowest BCUT2D eigenvalue weighted by Crippen LogP contribution is -2.01. The van der Waals surface area contributed by atoms with Crippen LogP contribution in [-0.2, 0) is 0 Å². The Morgan fingerprint density at radius 1 is 0.481 bits per heavy atom. The number of pyridine rings is 2. The minimum absolute atomic E-state index is 0.572. The van der Waals surface area contributed by atoms with E-state index in [1.165, 1.54) is 10.6 Å². The zero-order chi connectivity index (χ0) is 19.2. The van der Waals surface area contributed by atoms with Gasteiger partial charge >= 0.3 is 0 Å². The Hall–Kier alpha value is -3.23. The van der Waals surface area contributed by atoms with Crippen LogP contribution >= 0.6 is 8.58 Å². The van der Waals surface area contributed by atoms with Crippen molar-refractivity contribution < 1.29 is 0 Å². The number of hydrogen-bond acceptors (Lipinski definition) is 4. The summed E-state index contributed by atoms with van der Waals surface area (Å²) in [7, 11) is 0.777. The molecule has 0 saturated heterocycles. The van der Waals surface area contributed by atoms with E-state index in [1.54, 1.807) is 24.5 Å². The zero-order valence-electron chi connectivity index (χ0n) is 14.9. The minimum atomic E-state index is 0.572. The third kappa shape index (κ3) is 9.15. The molecule has 0 bridgehead atoms. The van der Waals surface area contributed by atoms with Crippen molar-refractivity contribution in [2.75, 3.05) is 11.5 Å². The Bertz CT molecular complexity index is 782. The molecule has 0 atom stereocenters. The molecule has 2 heterocycles. The SMILES string of the molecule is Nc1ccccn1.Nc1ccccn1.c1ccc(Pc2ccccc2)cc1. The van der Waals surface area contributed by atoms with Crippen molar-refractivity contribution in [3.8, 4) is 0 Å². The van der Waals surface area contributed by atoms with Gasteiger partial charge in [-0.05, 0) is 34.9 Å². The molecule has 0 aliphatic carbocycles. The van der Waals surface area contributed by atoms with Gasteiger partial charge in [0.2, 0.25) is 0 Å². The van der Waals surface area contributed by atoms with Gasteiger partial charge < -0.3 is 11.5 Å². The van der Waals surface area contributed by atoms with Crippen LogP contribution in [0.4, 0.5) is 11.6 Å². The molecule has 27 heavy (non-hydrogen) atoms. The molecule has 136 valence electrons. The van der Waals surface area contributed by atoms with Gasteiger partial charge in [-0.15, -0.1) is 0 Å². The van der Waals surface area contributed by atoms with Crippen molar-refractivity contribution in [1.29, 1.82) is 0 Å². The number of nitrogens with zero attached hydrogens (tertiary/aromatic N) is 2. The summed E-state index contributed by atoms with van der Waals surface area (Å²) in [6.45, 7) is 0. The molecule has 4 aromatic rings. The first-order chi connectivity index (χ1) is 13.2. The van der Waals surface area contributed by atoms with Gasteiger partial charge in [0.05, 0.1) is 0 Å². The minimum Gasteiger partial charge on any atom is -0.384 e. The lowest BCUT2D eigenvalue weighted by Gasteiger charge is -2.00. The molecule has 4 rings (SSSR count). The Morgan fingerprint density at radius 2 is 0.852 bits per heavy atom. The molecular formula is C22H23N4P. The standard InChI is InChI=1S/C12H11P.2C5H6N2/c1-3-7-11(8-4-1)13-12-9-5-2-6-10-12;2*6-5-3-1-2-4-7-5/h1-10,13H;2*1-4H,(H2,6,7). The fourth-order valence-corrected chi connectivity index (χ4v) is 3.01. The molecule has 4 N–H and O–H groups in total. The van der Waals surface area contributed by atoms with Crippen LogP contribution in [0.1, 0.15) is 0 Å².